The van der Waals surface area contributed by atoms with E-state index in [1.807, 2.05) is 0 Å². The lowest BCUT2D eigenvalue weighted by atomic mass is 10.1. The molecule has 0 amide bonds. The molecular weight excluding hydrogens is 246 g/mol. The lowest BCUT2D eigenvalue weighted by Crippen LogP contribution is -2.38. The van der Waals surface area contributed by atoms with Crippen molar-refractivity contribution in [3.8, 4) is 0 Å². The minimum Gasteiger partial charge on any atom is -0.391 e. The molecule has 1 N–H and O–H groups in total. The molecule has 0 aromatic carbocycles. The van der Waals surface area contributed by atoms with Crippen molar-refractivity contribution in [1.82, 2.24) is 9.97 Å². The first-order chi connectivity index (χ1) is 6.77. The van der Waals surface area contributed by atoms with E-state index in [1.165, 1.54) is 6.33 Å². The van der Waals surface area contributed by atoms with E-state index < -0.39 is 0 Å². The van der Waals surface area contributed by atoms with Crippen LogP contribution in [0.3, 0.4) is 0 Å². The van der Waals surface area contributed by atoms with Gasteiger partial charge in [0, 0.05) is 19.3 Å². The highest BCUT2D eigenvalue weighted by molar-refractivity contribution is 9.10. The Morgan fingerprint density at radius 1 is 1.57 bits per heavy atom. The molecule has 1 fully saturated rings. The van der Waals surface area contributed by atoms with Crippen molar-refractivity contribution in [2.45, 2.75) is 18.9 Å². The highest BCUT2D eigenvalue weighted by Gasteiger charge is 2.20. The number of aliphatic hydroxyl groups excluding tert-OH is 1. The minimum atomic E-state index is -0.231. The smallest absolute Gasteiger partial charge is 0.146 e. The number of hydrogen-bond donors (Lipinski definition) is 1. The fourth-order valence-corrected chi connectivity index (χ4v) is 2.16. The normalized spacial score (nSPS) is 22.4. The zero-order valence-corrected chi connectivity index (χ0v) is 9.31. The summed E-state index contributed by atoms with van der Waals surface area (Å²) in [4.78, 5) is 10.2. The van der Waals surface area contributed by atoms with Crippen LogP contribution in [0.1, 0.15) is 12.8 Å². The number of anilines is 1. The molecule has 5 heteroatoms. The van der Waals surface area contributed by atoms with Gasteiger partial charge in [0.05, 0.1) is 10.6 Å². The van der Waals surface area contributed by atoms with Crippen LogP contribution in [0.4, 0.5) is 5.82 Å². The summed E-state index contributed by atoms with van der Waals surface area (Å²) in [5, 5.41) is 9.53. The van der Waals surface area contributed by atoms with Crippen LogP contribution in [0.25, 0.3) is 0 Å². The summed E-state index contributed by atoms with van der Waals surface area (Å²) < 4.78 is 0.883. The number of hydrogen-bond acceptors (Lipinski definition) is 4. The second-order valence-electron chi connectivity index (χ2n) is 3.44. The van der Waals surface area contributed by atoms with Crippen LogP contribution in [0.5, 0.6) is 0 Å². The molecule has 2 heterocycles. The van der Waals surface area contributed by atoms with E-state index in [9.17, 15) is 5.11 Å². The molecule has 1 saturated heterocycles. The summed E-state index contributed by atoms with van der Waals surface area (Å²) in [7, 11) is 0. The highest BCUT2D eigenvalue weighted by atomic mass is 79.9. The van der Waals surface area contributed by atoms with Gasteiger partial charge in [-0.1, -0.05) is 0 Å². The maximum Gasteiger partial charge on any atom is 0.146 e. The first-order valence-corrected chi connectivity index (χ1v) is 5.45. The molecule has 0 spiro atoms. The molecule has 1 atom stereocenters. The van der Waals surface area contributed by atoms with E-state index in [0.29, 0.717) is 6.54 Å². The Balaban J connectivity index is 2.18. The molecule has 1 aliphatic heterocycles. The molecule has 0 unspecified atom stereocenters. The Morgan fingerprint density at radius 3 is 3.14 bits per heavy atom. The number of nitrogens with zero attached hydrogens (tertiary/aromatic N) is 3. The van der Waals surface area contributed by atoms with Crippen molar-refractivity contribution < 1.29 is 5.11 Å². The first kappa shape index (κ1) is 9.86. The van der Waals surface area contributed by atoms with Crippen LogP contribution in [0, 0.1) is 0 Å². The number of aromatic nitrogens is 2. The van der Waals surface area contributed by atoms with Crippen molar-refractivity contribution in [2.75, 3.05) is 18.0 Å². The third-order valence-corrected chi connectivity index (χ3v) is 2.90. The number of rotatable bonds is 1. The Morgan fingerprint density at radius 2 is 2.43 bits per heavy atom. The average Bonchev–Trinajstić information content (AvgIpc) is 2.18. The second-order valence-corrected chi connectivity index (χ2v) is 4.29. The molecule has 76 valence electrons. The summed E-state index contributed by atoms with van der Waals surface area (Å²) in [5.41, 5.74) is 0. The topological polar surface area (TPSA) is 49.2 Å². The zero-order chi connectivity index (χ0) is 9.97. The van der Waals surface area contributed by atoms with Crippen LogP contribution in [-0.2, 0) is 0 Å². The van der Waals surface area contributed by atoms with E-state index in [0.717, 1.165) is 29.7 Å². The fourth-order valence-electron chi connectivity index (χ4n) is 1.69. The predicted octanol–water partition coefficient (Wildman–Crippen LogP) is 1.20. The highest BCUT2D eigenvalue weighted by Crippen LogP contribution is 2.24. The minimum absolute atomic E-state index is 0.231. The molecule has 4 nitrogen and oxygen atoms in total. The molecular formula is C9H12BrN3O. The van der Waals surface area contributed by atoms with Gasteiger partial charge in [0.15, 0.2) is 0 Å². The molecule has 0 aliphatic carbocycles. The standard InChI is InChI=1S/C9H12BrN3O/c10-8-4-11-6-12-9(8)13-3-1-2-7(14)5-13/h4,6-7,14H,1-3,5H2/t7-/m0/s1. The number of aliphatic hydroxyl groups is 1. The fraction of sp³-hybridized carbons (Fsp3) is 0.556. The summed E-state index contributed by atoms with van der Waals surface area (Å²) >= 11 is 3.40. The lowest BCUT2D eigenvalue weighted by molar-refractivity contribution is 0.154. The lowest BCUT2D eigenvalue weighted by Gasteiger charge is -2.31. The van der Waals surface area contributed by atoms with Crippen molar-refractivity contribution in [2.24, 2.45) is 0 Å². The van der Waals surface area contributed by atoms with E-state index in [4.69, 9.17) is 0 Å². The van der Waals surface area contributed by atoms with E-state index >= 15 is 0 Å². The van der Waals surface area contributed by atoms with Gasteiger partial charge in [-0.2, -0.15) is 0 Å². The van der Waals surface area contributed by atoms with Crippen LogP contribution in [0.2, 0.25) is 0 Å². The Labute approximate surface area is 91.1 Å². The zero-order valence-electron chi connectivity index (χ0n) is 7.73. The van der Waals surface area contributed by atoms with Crippen molar-refractivity contribution in [3.63, 3.8) is 0 Å². The van der Waals surface area contributed by atoms with Crippen LogP contribution in [0.15, 0.2) is 17.0 Å². The van der Waals surface area contributed by atoms with E-state index in [-0.39, 0.29) is 6.10 Å². The predicted molar refractivity (Wildman–Crippen MR) is 57.2 cm³/mol. The van der Waals surface area contributed by atoms with Crippen LogP contribution >= 0.6 is 15.9 Å². The van der Waals surface area contributed by atoms with Crippen LogP contribution < -0.4 is 4.90 Å². The number of β-amino-alcohol motifs (C(OH)–C–C–N with tert-alkyl or cyclic N) is 1. The molecule has 1 aliphatic rings. The Bertz CT molecular complexity index is 321. The van der Waals surface area contributed by atoms with Gasteiger partial charge < -0.3 is 10.0 Å². The molecule has 14 heavy (non-hydrogen) atoms. The largest absolute Gasteiger partial charge is 0.391 e. The van der Waals surface area contributed by atoms with Gasteiger partial charge in [0.1, 0.15) is 12.1 Å². The quantitative estimate of drug-likeness (QED) is 0.822. The molecule has 0 saturated carbocycles. The summed E-state index contributed by atoms with van der Waals surface area (Å²) in [6.07, 6.45) is 4.92. The van der Waals surface area contributed by atoms with Crippen LogP contribution in [-0.4, -0.2) is 34.3 Å². The van der Waals surface area contributed by atoms with Gasteiger partial charge in [-0.15, -0.1) is 0 Å². The van der Waals surface area contributed by atoms with Gasteiger partial charge in [0.25, 0.3) is 0 Å². The van der Waals surface area contributed by atoms with Crippen molar-refractivity contribution >= 4 is 21.7 Å². The maximum absolute atomic E-state index is 9.53. The van der Waals surface area contributed by atoms with E-state index in [2.05, 4.69) is 30.8 Å². The Hall–Kier alpha value is -0.680. The van der Waals surface area contributed by atoms with Gasteiger partial charge >= 0.3 is 0 Å². The summed E-state index contributed by atoms with van der Waals surface area (Å²) in [5.74, 6) is 0.874. The monoisotopic (exact) mass is 257 g/mol. The van der Waals surface area contributed by atoms with Gasteiger partial charge in [-0.25, -0.2) is 9.97 Å². The van der Waals surface area contributed by atoms with Crippen molar-refractivity contribution in [3.05, 3.63) is 17.0 Å². The average molecular weight is 258 g/mol. The second kappa shape index (κ2) is 4.23. The number of halogens is 1. The van der Waals surface area contributed by atoms with Gasteiger partial charge in [0.2, 0.25) is 0 Å². The van der Waals surface area contributed by atoms with Crippen molar-refractivity contribution in [1.29, 1.82) is 0 Å². The molecule has 1 aromatic heterocycles. The molecule has 2 rings (SSSR count). The number of piperidine rings is 1. The molecule has 1 aromatic rings. The third-order valence-electron chi connectivity index (χ3n) is 2.34. The van der Waals surface area contributed by atoms with Gasteiger partial charge in [-0.05, 0) is 28.8 Å². The summed E-state index contributed by atoms with van der Waals surface area (Å²) in [6, 6.07) is 0. The SMILES string of the molecule is O[C@H]1CCCN(c2ncncc2Br)C1. The maximum atomic E-state index is 9.53. The Kier molecular flexibility index (Phi) is 2.98. The molecule has 0 radical (unpaired) electrons. The third kappa shape index (κ3) is 2.04. The first-order valence-electron chi connectivity index (χ1n) is 4.66. The van der Waals surface area contributed by atoms with Gasteiger partial charge in [-0.3, -0.25) is 0 Å². The molecule has 0 bridgehead atoms. The van der Waals surface area contributed by atoms with E-state index in [1.54, 1.807) is 6.20 Å². The summed E-state index contributed by atoms with van der Waals surface area (Å²) in [6.45, 7) is 1.61.